The average Bonchev–Trinajstić information content (AvgIpc) is 3.27. The number of carbonyl (C=O) groups excluding carboxylic acids is 1. The molecule has 1 N–H and O–H groups in total. The number of nitriles is 1. The lowest BCUT2D eigenvalue weighted by atomic mass is 10.1. The zero-order valence-electron chi connectivity index (χ0n) is 23.0. The lowest BCUT2D eigenvalue weighted by molar-refractivity contribution is -0.111. The Labute approximate surface area is 255 Å². The predicted molar refractivity (Wildman–Crippen MR) is 164 cm³/mol. The van der Waals surface area contributed by atoms with Crippen LogP contribution in [-0.2, 0) is 4.79 Å². The van der Waals surface area contributed by atoms with E-state index in [2.05, 4.69) is 5.32 Å². The number of carbonyl (C=O) groups is 1. The largest absolute Gasteiger partial charge is 0.494 e. The molecule has 0 aliphatic rings. The van der Waals surface area contributed by atoms with E-state index < -0.39 is 11.5 Å². The first-order valence-corrected chi connectivity index (χ1v) is 14.0. The minimum atomic E-state index is -0.744. The lowest BCUT2D eigenvalue weighted by Gasteiger charge is -2.13. The predicted octanol–water partition coefficient (Wildman–Crippen LogP) is 4.77. The number of benzene rings is 3. The summed E-state index contributed by atoms with van der Waals surface area (Å²) in [6.07, 6.45) is 1.60. The number of halogens is 2. The molecule has 0 aliphatic heterocycles. The Morgan fingerprint density at radius 2 is 1.67 bits per heavy atom. The van der Waals surface area contributed by atoms with E-state index in [9.17, 15) is 14.9 Å². The fraction of sp³-hybridized carbons (Fsp3) is 0.167. The van der Waals surface area contributed by atoms with Crippen LogP contribution in [0.1, 0.15) is 12.5 Å². The SMILES string of the molecule is CCOc1ccc(-n2c(=O)/c(=C\c3ccc(OC)c(OC)c3OC)s/c2=C(/C#N)C(=O)Nc2cc(Cl)cc(Cl)c2)cc1. The highest BCUT2D eigenvalue weighted by Gasteiger charge is 2.19. The number of methoxy groups -OCH3 is 3. The maximum atomic E-state index is 13.9. The van der Waals surface area contributed by atoms with Crippen molar-refractivity contribution in [2.24, 2.45) is 0 Å². The van der Waals surface area contributed by atoms with Gasteiger partial charge in [-0.15, -0.1) is 11.3 Å². The first-order chi connectivity index (χ1) is 20.2. The van der Waals surface area contributed by atoms with Gasteiger partial charge >= 0.3 is 0 Å². The third-order valence-corrected chi connectivity index (χ3v) is 7.45. The minimum Gasteiger partial charge on any atom is -0.494 e. The van der Waals surface area contributed by atoms with E-state index in [1.54, 1.807) is 42.5 Å². The molecule has 9 nitrogen and oxygen atoms in total. The zero-order valence-corrected chi connectivity index (χ0v) is 25.3. The van der Waals surface area contributed by atoms with Crippen molar-refractivity contribution in [2.75, 3.05) is 33.3 Å². The zero-order chi connectivity index (χ0) is 30.4. The molecule has 3 aromatic carbocycles. The second-order valence-corrected chi connectivity index (χ2v) is 10.4. The second-order valence-electron chi connectivity index (χ2n) is 8.51. The van der Waals surface area contributed by atoms with Crippen LogP contribution >= 0.6 is 34.5 Å². The fourth-order valence-electron chi connectivity index (χ4n) is 4.14. The van der Waals surface area contributed by atoms with E-state index in [0.717, 1.165) is 11.3 Å². The molecule has 0 radical (unpaired) electrons. The average molecular weight is 627 g/mol. The monoisotopic (exact) mass is 625 g/mol. The van der Waals surface area contributed by atoms with Gasteiger partial charge in [-0.1, -0.05) is 23.2 Å². The molecule has 1 aromatic heterocycles. The summed E-state index contributed by atoms with van der Waals surface area (Å²) < 4.78 is 23.6. The van der Waals surface area contributed by atoms with E-state index in [-0.39, 0.29) is 14.8 Å². The van der Waals surface area contributed by atoms with Gasteiger partial charge in [0.15, 0.2) is 17.1 Å². The molecular formula is C30H25Cl2N3O6S. The number of amides is 1. The number of nitrogens with one attached hydrogen (secondary N) is 1. The third-order valence-electron chi connectivity index (χ3n) is 5.92. The summed E-state index contributed by atoms with van der Waals surface area (Å²) in [7, 11) is 4.45. The molecule has 216 valence electrons. The van der Waals surface area contributed by atoms with Crippen LogP contribution < -0.4 is 39.0 Å². The van der Waals surface area contributed by atoms with Gasteiger partial charge in [-0.05, 0) is 67.6 Å². The number of hydrogen-bond donors (Lipinski definition) is 1. The Bertz CT molecular complexity index is 1840. The summed E-state index contributed by atoms with van der Waals surface area (Å²) in [5.74, 6) is 1.00. The van der Waals surface area contributed by atoms with Crippen LogP contribution in [0.15, 0.2) is 59.4 Å². The van der Waals surface area contributed by atoms with Gasteiger partial charge in [0.2, 0.25) is 5.75 Å². The smallest absolute Gasteiger partial charge is 0.273 e. The second kappa shape index (κ2) is 13.5. The molecule has 0 fully saturated rings. The molecule has 1 amide bonds. The van der Waals surface area contributed by atoms with Crippen LogP contribution in [0.5, 0.6) is 23.0 Å². The molecule has 0 bridgehead atoms. The Kier molecular flexibility index (Phi) is 9.80. The molecule has 12 heteroatoms. The molecular weight excluding hydrogens is 601 g/mol. The van der Waals surface area contributed by atoms with Crippen molar-refractivity contribution in [1.82, 2.24) is 4.57 Å². The van der Waals surface area contributed by atoms with Crippen molar-refractivity contribution in [3.63, 3.8) is 0 Å². The summed E-state index contributed by atoms with van der Waals surface area (Å²) >= 11 is 13.1. The van der Waals surface area contributed by atoms with Crippen LogP contribution in [0.3, 0.4) is 0 Å². The van der Waals surface area contributed by atoms with E-state index >= 15 is 0 Å². The highest BCUT2D eigenvalue weighted by atomic mass is 35.5. The molecule has 4 aromatic rings. The number of thiazole rings is 1. The minimum absolute atomic E-state index is 0.114. The molecule has 0 unspecified atom stereocenters. The van der Waals surface area contributed by atoms with E-state index in [1.165, 1.54) is 44.1 Å². The summed E-state index contributed by atoms with van der Waals surface area (Å²) in [4.78, 5) is 27.3. The maximum Gasteiger partial charge on any atom is 0.273 e. The molecule has 4 rings (SSSR count). The van der Waals surface area contributed by atoms with Crippen LogP contribution in [0.25, 0.3) is 17.3 Å². The van der Waals surface area contributed by atoms with Crippen molar-refractivity contribution in [3.05, 3.63) is 89.8 Å². The Hall–Kier alpha value is -4.43. The Morgan fingerprint density at radius 1 is 1.00 bits per heavy atom. The molecule has 0 spiro atoms. The van der Waals surface area contributed by atoms with Gasteiger partial charge in [0.25, 0.3) is 11.5 Å². The van der Waals surface area contributed by atoms with Gasteiger partial charge in [0.05, 0.1) is 38.2 Å². The summed E-state index contributed by atoms with van der Waals surface area (Å²) in [5, 5.41) is 13.4. The van der Waals surface area contributed by atoms with Crippen LogP contribution in [0.4, 0.5) is 5.69 Å². The fourth-order valence-corrected chi connectivity index (χ4v) is 5.76. The topological polar surface area (TPSA) is 112 Å². The van der Waals surface area contributed by atoms with Crippen LogP contribution in [0.2, 0.25) is 10.0 Å². The van der Waals surface area contributed by atoms with Crippen LogP contribution in [-0.4, -0.2) is 38.4 Å². The van der Waals surface area contributed by atoms with Gasteiger partial charge in [0, 0.05) is 21.3 Å². The number of aromatic nitrogens is 1. The number of nitrogens with zero attached hydrogens (tertiary/aromatic N) is 2. The highest BCUT2D eigenvalue weighted by Crippen LogP contribution is 2.40. The van der Waals surface area contributed by atoms with Crippen molar-refractivity contribution < 1.29 is 23.7 Å². The quantitative estimate of drug-likeness (QED) is 0.285. The van der Waals surface area contributed by atoms with Gasteiger partial charge in [-0.2, -0.15) is 5.26 Å². The number of ether oxygens (including phenoxy) is 4. The van der Waals surface area contributed by atoms with Crippen molar-refractivity contribution in [1.29, 1.82) is 5.26 Å². The van der Waals surface area contributed by atoms with Crippen LogP contribution in [0, 0.1) is 11.3 Å². The molecule has 1 heterocycles. The summed E-state index contributed by atoms with van der Waals surface area (Å²) in [6, 6.07) is 16.6. The third kappa shape index (κ3) is 6.39. The maximum absolute atomic E-state index is 13.9. The number of hydrogen-bond acceptors (Lipinski definition) is 8. The lowest BCUT2D eigenvalue weighted by Crippen LogP contribution is -2.32. The Morgan fingerprint density at radius 3 is 2.24 bits per heavy atom. The molecule has 0 aliphatic carbocycles. The summed E-state index contributed by atoms with van der Waals surface area (Å²) in [5.41, 5.74) is 0.498. The number of rotatable bonds is 9. The van der Waals surface area contributed by atoms with E-state index in [1.807, 2.05) is 13.0 Å². The normalized spacial score (nSPS) is 11.9. The summed E-state index contributed by atoms with van der Waals surface area (Å²) in [6.45, 7) is 2.33. The van der Waals surface area contributed by atoms with Gasteiger partial charge in [-0.3, -0.25) is 14.2 Å². The van der Waals surface area contributed by atoms with E-state index in [0.29, 0.717) is 56.6 Å². The molecule has 0 atom stereocenters. The van der Waals surface area contributed by atoms with Crippen molar-refractivity contribution >= 4 is 57.8 Å². The molecule has 0 saturated carbocycles. The number of anilines is 1. The Balaban J connectivity index is 1.99. The van der Waals surface area contributed by atoms with Crippen molar-refractivity contribution in [3.8, 4) is 34.8 Å². The first-order valence-electron chi connectivity index (χ1n) is 12.4. The first kappa shape index (κ1) is 30.5. The molecule has 42 heavy (non-hydrogen) atoms. The van der Waals surface area contributed by atoms with Gasteiger partial charge in [0.1, 0.15) is 16.5 Å². The van der Waals surface area contributed by atoms with Crippen molar-refractivity contribution in [2.45, 2.75) is 6.92 Å². The molecule has 0 saturated heterocycles. The van der Waals surface area contributed by atoms with Gasteiger partial charge < -0.3 is 24.3 Å². The van der Waals surface area contributed by atoms with E-state index in [4.69, 9.17) is 42.1 Å². The highest BCUT2D eigenvalue weighted by molar-refractivity contribution is 7.07. The standard InChI is InChI=1S/C30H25Cl2N3O6S/c1-5-41-22-9-7-21(8-10-22)35-29(37)25(12-17-6-11-24(38-2)27(40-4)26(17)39-3)42-30(35)23(16-33)28(36)34-20-14-18(31)13-19(32)15-20/h6-15H,5H2,1-4H3,(H,34,36)/b25-12+,30-23-. The van der Waals surface area contributed by atoms with Gasteiger partial charge in [-0.25, -0.2) is 0 Å².